The minimum Gasteiger partial charge on any atom is -0.476 e. The van der Waals surface area contributed by atoms with Crippen LogP contribution in [0.25, 0.3) is 10.6 Å². The second kappa shape index (κ2) is 7.87. The summed E-state index contributed by atoms with van der Waals surface area (Å²) >= 11 is 1.30. The number of thiazole rings is 1. The van der Waals surface area contributed by atoms with Crippen molar-refractivity contribution in [3.05, 3.63) is 40.9 Å². The number of carbonyl (C=O) groups excluding carboxylic acids is 1. The molecule has 0 aliphatic rings. The van der Waals surface area contributed by atoms with E-state index in [1.54, 1.807) is 0 Å². The largest absolute Gasteiger partial charge is 0.476 e. The zero-order chi connectivity index (χ0) is 16.8. The Bertz CT molecular complexity index is 695. The summed E-state index contributed by atoms with van der Waals surface area (Å²) in [5, 5.41) is 14.0. The number of hydrogen-bond donors (Lipinski definition) is 2. The Labute approximate surface area is 139 Å². The van der Waals surface area contributed by atoms with Gasteiger partial charge in [-0.15, -0.1) is 11.3 Å². The molecule has 0 unspecified atom stereocenters. The molecule has 0 atom stereocenters. The molecule has 2 aromatic rings. The van der Waals surface area contributed by atoms with Crippen LogP contribution in [0.1, 0.15) is 42.7 Å². The van der Waals surface area contributed by atoms with Gasteiger partial charge in [0.25, 0.3) is 0 Å². The molecule has 0 bridgehead atoms. The molecule has 1 amide bonds. The lowest BCUT2D eigenvalue weighted by atomic mass is 10.1. The first kappa shape index (κ1) is 17.1. The minimum absolute atomic E-state index is 0.0477. The van der Waals surface area contributed by atoms with Gasteiger partial charge in [0.2, 0.25) is 5.91 Å². The van der Waals surface area contributed by atoms with Crippen LogP contribution in [0.15, 0.2) is 29.6 Å². The van der Waals surface area contributed by atoms with E-state index in [1.165, 1.54) is 16.7 Å². The number of carbonyl (C=O) groups is 2. The van der Waals surface area contributed by atoms with E-state index < -0.39 is 5.97 Å². The van der Waals surface area contributed by atoms with E-state index in [0.29, 0.717) is 23.9 Å². The fourth-order valence-electron chi connectivity index (χ4n) is 2.03. The van der Waals surface area contributed by atoms with Gasteiger partial charge in [-0.2, -0.15) is 0 Å². The van der Waals surface area contributed by atoms with Gasteiger partial charge in [-0.1, -0.05) is 32.0 Å². The van der Waals surface area contributed by atoms with Crippen LogP contribution in [-0.2, 0) is 11.3 Å². The highest BCUT2D eigenvalue weighted by atomic mass is 32.1. The molecule has 0 aliphatic carbocycles. The van der Waals surface area contributed by atoms with Gasteiger partial charge in [0.1, 0.15) is 5.01 Å². The van der Waals surface area contributed by atoms with E-state index >= 15 is 0 Å². The van der Waals surface area contributed by atoms with E-state index in [1.807, 2.05) is 24.3 Å². The van der Waals surface area contributed by atoms with Crippen LogP contribution in [0.2, 0.25) is 0 Å². The zero-order valence-electron chi connectivity index (χ0n) is 13.2. The van der Waals surface area contributed by atoms with Gasteiger partial charge in [-0.25, -0.2) is 9.78 Å². The topological polar surface area (TPSA) is 79.3 Å². The lowest BCUT2D eigenvalue weighted by Gasteiger charge is -2.07. The standard InChI is InChI=1S/C17H20N2O3S/c1-11(2)6-7-15(20)18-9-12-4-3-5-13(8-12)16-19-14(10-23-16)17(21)22/h3-5,8,10-11H,6-7,9H2,1-2H3,(H,18,20)(H,21,22). The Morgan fingerprint density at radius 1 is 1.35 bits per heavy atom. The summed E-state index contributed by atoms with van der Waals surface area (Å²) in [5.41, 5.74) is 1.88. The van der Waals surface area contributed by atoms with Crippen LogP contribution in [-0.4, -0.2) is 22.0 Å². The number of amides is 1. The molecule has 0 aliphatic heterocycles. The number of hydrogen-bond acceptors (Lipinski definition) is 4. The summed E-state index contributed by atoms with van der Waals surface area (Å²) in [4.78, 5) is 26.8. The molecular weight excluding hydrogens is 312 g/mol. The molecule has 1 aromatic carbocycles. The summed E-state index contributed by atoms with van der Waals surface area (Å²) < 4.78 is 0. The third kappa shape index (κ3) is 5.17. The smallest absolute Gasteiger partial charge is 0.355 e. The lowest BCUT2D eigenvalue weighted by molar-refractivity contribution is -0.121. The van der Waals surface area contributed by atoms with Crippen molar-refractivity contribution in [2.45, 2.75) is 33.2 Å². The van der Waals surface area contributed by atoms with Crippen molar-refractivity contribution in [3.8, 4) is 10.6 Å². The van der Waals surface area contributed by atoms with Crippen molar-refractivity contribution in [2.75, 3.05) is 0 Å². The average molecular weight is 332 g/mol. The maximum atomic E-state index is 11.8. The van der Waals surface area contributed by atoms with E-state index in [2.05, 4.69) is 24.1 Å². The molecule has 0 saturated heterocycles. The highest BCUT2D eigenvalue weighted by Gasteiger charge is 2.10. The summed E-state index contributed by atoms with van der Waals surface area (Å²) in [6.45, 7) is 4.65. The predicted molar refractivity (Wildman–Crippen MR) is 90.4 cm³/mol. The highest BCUT2D eigenvalue weighted by molar-refractivity contribution is 7.13. The van der Waals surface area contributed by atoms with Crippen molar-refractivity contribution in [1.29, 1.82) is 0 Å². The highest BCUT2D eigenvalue weighted by Crippen LogP contribution is 2.24. The van der Waals surface area contributed by atoms with Gasteiger partial charge < -0.3 is 10.4 Å². The molecule has 0 saturated carbocycles. The molecule has 6 heteroatoms. The van der Waals surface area contributed by atoms with Crippen molar-refractivity contribution < 1.29 is 14.7 Å². The van der Waals surface area contributed by atoms with Crippen molar-refractivity contribution >= 4 is 23.2 Å². The molecular formula is C17H20N2O3S. The Morgan fingerprint density at radius 2 is 2.13 bits per heavy atom. The van der Waals surface area contributed by atoms with Crippen LogP contribution in [0, 0.1) is 5.92 Å². The second-order valence-electron chi connectivity index (χ2n) is 5.75. The lowest BCUT2D eigenvalue weighted by Crippen LogP contribution is -2.22. The number of carboxylic acid groups (broad SMARTS) is 1. The van der Waals surface area contributed by atoms with Crippen molar-refractivity contribution in [1.82, 2.24) is 10.3 Å². The number of aromatic carboxylic acids is 1. The van der Waals surface area contributed by atoms with Crippen LogP contribution in [0.4, 0.5) is 0 Å². The monoisotopic (exact) mass is 332 g/mol. The number of benzene rings is 1. The van der Waals surface area contributed by atoms with E-state index in [0.717, 1.165) is 17.5 Å². The van der Waals surface area contributed by atoms with Gasteiger partial charge >= 0.3 is 5.97 Å². The number of aromatic nitrogens is 1. The van der Waals surface area contributed by atoms with Crippen LogP contribution in [0.3, 0.4) is 0 Å². The van der Waals surface area contributed by atoms with E-state index in [9.17, 15) is 9.59 Å². The Hall–Kier alpha value is -2.21. The Balaban J connectivity index is 1.99. The normalized spacial score (nSPS) is 10.7. The van der Waals surface area contributed by atoms with Gasteiger partial charge in [0, 0.05) is 23.9 Å². The molecule has 0 fully saturated rings. The maximum Gasteiger partial charge on any atom is 0.355 e. The molecule has 1 aromatic heterocycles. The quantitative estimate of drug-likeness (QED) is 0.812. The fraction of sp³-hybridized carbons (Fsp3) is 0.353. The summed E-state index contributed by atoms with van der Waals surface area (Å²) in [6.07, 6.45) is 1.41. The van der Waals surface area contributed by atoms with Crippen molar-refractivity contribution in [3.63, 3.8) is 0 Å². The molecule has 122 valence electrons. The van der Waals surface area contributed by atoms with Crippen molar-refractivity contribution in [2.24, 2.45) is 5.92 Å². The Kier molecular flexibility index (Phi) is 5.87. The van der Waals surface area contributed by atoms with E-state index in [-0.39, 0.29) is 11.6 Å². The van der Waals surface area contributed by atoms with Crippen LogP contribution < -0.4 is 5.32 Å². The summed E-state index contributed by atoms with van der Waals surface area (Å²) in [6, 6.07) is 7.62. The number of nitrogens with zero attached hydrogens (tertiary/aromatic N) is 1. The van der Waals surface area contributed by atoms with Gasteiger partial charge in [-0.3, -0.25) is 4.79 Å². The zero-order valence-corrected chi connectivity index (χ0v) is 14.0. The average Bonchev–Trinajstić information content (AvgIpc) is 3.01. The van der Waals surface area contributed by atoms with Crippen LogP contribution >= 0.6 is 11.3 Å². The number of nitrogens with one attached hydrogen (secondary N) is 1. The number of rotatable bonds is 7. The van der Waals surface area contributed by atoms with Gasteiger partial charge in [0.15, 0.2) is 5.69 Å². The molecule has 5 nitrogen and oxygen atoms in total. The fourth-order valence-corrected chi connectivity index (χ4v) is 2.82. The molecule has 1 heterocycles. The summed E-state index contributed by atoms with van der Waals surface area (Å²) in [7, 11) is 0. The third-order valence-electron chi connectivity index (χ3n) is 3.34. The Morgan fingerprint density at radius 3 is 2.78 bits per heavy atom. The molecule has 2 N–H and O–H groups in total. The minimum atomic E-state index is -1.03. The van der Waals surface area contributed by atoms with Gasteiger partial charge in [0.05, 0.1) is 0 Å². The molecule has 2 rings (SSSR count). The molecule has 0 spiro atoms. The third-order valence-corrected chi connectivity index (χ3v) is 4.23. The first-order valence-corrected chi connectivity index (χ1v) is 8.38. The first-order valence-electron chi connectivity index (χ1n) is 7.50. The molecule has 0 radical (unpaired) electrons. The van der Waals surface area contributed by atoms with Gasteiger partial charge in [-0.05, 0) is 24.0 Å². The second-order valence-corrected chi connectivity index (χ2v) is 6.61. The van der Waals surface area contributed by atoms with Crippen LogP contribution in [0.5, 0.6) is 0 Å². The predicted octanol–water partition coefficient (Wildman–Crippen LogP) is 3.56. The number of carboxylic acids is 1. The van der Waals surface area contributed by atoms with E-state index in [4.69, 9.17) is 5.11 Å². The SMILES string of the molecule is CC(C)CCC(=O)NCc1cccc(-c2nc(C(=O)O)cs2)c1. The molecule has 23 heavy (non-hydrogen) atoms. The maximum absolute atomic E-state index is 11.8. The summed E-state index contributed by atoms with van der Waals surface area (Å²) in [5.74, 6) is -0.468. The first-order chi connectivity index (χ1) is 11.0.